The number of aliphatic hydroxyl groups excluding tert-OH is 3. The van der Waals surface area contributed by atoms with E-state index < -0.39 is 53.5 Å². The summed E-state index contributed by atoms with van der Waals surface area (Å²) in [5, 5.41) is 30.2. The van der Waals surface area contributed by atoms with E-state index in [1.54, 1.807) is 4.72 Å². The smallest absolute Gasteiger partial charge is 0.362 e. The maximum absolute atomic E-state index is 11.9. The number of nitrogen functional groups attached to an aromatic ring is 1. The highest BCUT2D eigenvalue weighted by molar-refractivity contribution is 7.85. The van der Waals surface area contributed by atoms with E-state index in [2.05, 4.69) is 19.1 Å². The Morgan fingerprint density at radius 2 is 2.10 bits per heavy atom. The molecular weight excluding hydrogens is 440 g/mol. The van der Waals surface area contributed by atoms with Crippen LogP contribution in [0.4, 0.5) is 5.82 Å². The minimum atomic E-state index is -4.62. The number of fused-ring (bicyclic) bond motifs is 1. The number of rotatable bonds is 9. The number of imidazole rings is 1. The quantitative estimate of drug-likeness (QED) is 0.248. The van der Waals surface area contributed by atoms with Gasteiger partial charge in [0.1, 0.15) is 36.3 Å². The minimum absolute atomic E-state index is 0.0381. The van der Waals surface area contributed by atoms with Crippen molar-refractivity contribution in [1.82, 2.24) is 24.2 Å². The Bertz CT molecular complexity index is 1030. The van der Waals surface area contributed by atoms with Crippen LogP contribution in [0.3, 0.4) is 0 Å². The number of aliphatic hydroxyl groups is 3. The van der Waals surface area contributed by atoms with E-state index in [1.807, 2.05) is 0 Å². The molecule has 3 heterocycles. The lowest BCUT2D eigenvalue weighted by atomic mass is 10.1. The molecule has 0 radical (unpaired) electrons. The maximum Gasteiger partial charge on any atom is 0.362 e. The Morgan fingerprint density at radius 3 is 2.81 bits per heavy atom. The van der Waals surface area contributed by atoms with E-state index in [9.17, 15) is 28.5 Å². The topological polar surface area (TPSA) is 221 Å². The Kier molecular flexibility index (Phi) is 6.99. The average Bonchev–Trinajstić information content (AvgIpc) is 3.27. The first-order valence-electron chi connectivity index (χ1n) is 8.97. The van der Waals surface area contributed by atoms with Gasteiger partial charge in [0, 0.05) is 20.1 Å². The monoisotopic (exact) mass is 462 g/mol. The van der Waals surface area contributed by atoms with Gasteiger partial charge in [-0.05, 0) is 0 Å². The first kappa shape index (κ1) is 23.2. The summed E-state index contributed by atoms with van der Waals surface area (Å²) in [6.07, 6.45) is -4.74. The van der Waals surface area contributed by atoms with Crippen LogP contribution in [-0.2, 0) is 28.8 Å². The van der Waals surface area contributed by atoms with Crippen LogP contribution in [0.1, 0.15) is 12.6 Å². The summed E-state index contributed by atoms with van der Waals surface area (Å²) in [6, 6.07) is 0. The second kappa shape index (κ2) is 9.35. The number of nitrogens with zero attached hydrogens (tertiary/aromatic N) is 4. The van der Waals surface area contributed by atoms with Crippen LogP contribution in [0.2, 0.25) is 0 Å². The van der Waals surface area contributed by atoms with Crippen molar-refractivity contribution in [3.05, 3.63) is 12.7 Å². The van der Waals surface area contributed by atoms with Crippen molar-refractivity contribution in [3.8, 4) is 0 Å². The first-order valence-corrected chi connectivity index (χ1v) is 10.4. The molecule has 0 aliphatic carbocycles. The number of amides is 1. The highest BCUT2D eigenvalue weighted by atomic mass is 32.2. The fourth-order valence-electron chi connectivity index (χ4n) is 2.89. The van der Waals surface area contributed by atoms with Gasteiger partial charge in [-0.1, -0.05) is 0 Å². The predicted octanol–water partition coefficient (Wildman–Crippen LogP) is -3.20. The van der Waals surface area contributed by atoms with Gasteiger partial charge < -0.3 is 30.5 Å². The van der Waals surface area contributed by atoms with Crippen LogP contribution in [0, 0.1) is 0 Å². The lowest BCUT2D eigenvalue weighted by molar-refractivity contribution is -0.128. The Balaban J connectivity index is 1.64. The van der Waals surface area contributed by atoms with E-state index in [4.69, 9.17) is 15.2 Å². The van der Waals surface area contributed by atoms with E-state index in [0.29, 0.717) is 0 Å². The Labute approximate surface area is 176 Å². The van der Waals surface area contributed by atoms with Gasteiger partial charge in [0.05, 0.1) is 12.9 Å². The van der Waals surface area contributed by atoms with Crippen LogP contribution >= 0.6 is 0 Å². The van der Waals surface area contributed by atoms with Gasteiger partial charge in [-0.2, -0.15) is 8.42 Å². The van der Waals surface area contributed by atoms with E-state index in [0.717, 1.165) is 0 Å². The van der Waals surface area contributed by atoms with Crippen molar-refractivity contribution in [3.63, 3.8) is 0 Å². The molecule has 1 saturated heterocycles. The molecule has 3 rings (SSSR count). The van der Waals surface area contributed by atoms with Gasteiger partial charge in [-0.25, -0.2) is 19.7 Å². The molecule has 5 atom stereocenters. The maximum atomic E-state index is 11.9. The van der Waals surface area contributed by atoms with Crippen molar-refractivity contribution in [1.29, 1.82) is 0 Å². The first-order chi connectivity index (χ1) is 14.6. The Hall–Kier alpha value is -2.47. The lowest BCUT2D eigenvalue weighted by Gasteiger charge is -2.16. The van der Waals surface area contributed by atoms with E-state index >= 15 is 0 Å². The summed E-state index contributed by atoms with van der Waals surface area (Å²) in [5.74, 6) is -1.10. The highest BCUT2D eigenvalue weighted by Crippen LogP contribution is 2.32. The van der Waals surface area contributed by atoms with Crippen LogP contribution < -0.4 is 10.5 Å². The predicted molar refractivity (Wildman–Crippen MR) is 101 cm³/mol. The molecule has 15 nitrogen and oxygen atoms in total. The van der Waals surface area contributed by atoms with Crippen molar-refractivity contribution >= 4 is 33.2 Å². The summed E-state index contributed by atoms with van der Waals surface area (Å²) in [7, 11) is -3.27. The SMILES string of the molecule is COCCC(O)C(=O)NS(=O)(=O)OC[C@H]1O[C@@H](n2cnc3c(N)ncnc32)[C@H](O)[C@@H]1O. The third kappa shape index (κ3) is 5.06. The molecule has 1 aliphatic heterocycles. The molecule has 1 unspecified atom stereocenters. The number of carbonyl (C=O) groups excluding carboxylic acids is 1. The average molecular weight is 462 g/mol. The number of nitrogens with one attached hydrogen (secondary N) is 1. The highest BCUT2D eigenvalue weighted by Gasteiger charge is 2.45. The molecule has 2 aromatic rings. The molecule has 172 valence electrons. The normalized spacial score (nSPS) is 25.0. The molecule has 0 saturated carbocycles. The summed E-state index contributed by atoms with van der Waals surface area (Å²) in [6.45, 7) is -0.689. The third-order valence-corrected chi connectivity index (χ3v) is 5.41. The standard InChI is InChI=1S/C15H22N6O9S/c1-28-3-2-7(22)14(25)20-31(26,27)29-4-8-10(23)11(24)15(30-8)21-6-19-9-12(16)17-5-18-13(9)21/h5-8,10-11,15,22-24H,2-4H2,1H3,(H,20,25)(H2,16,17,18)/t7?,8-,10-,11-,15-/m1/s1. The summed E-state index contributed by atoms with van der Waals surface area (Å²) >= 11 is 0. The zero-order chi connectivity index (χ0) is 22.8. The number of hydrogen-bond acceptors (Lipinski definition) is 13. The molecule has 0 spiro atoms. The van der Waals surface area contributed by atoms with E-state index in [1.165, 1.54) is 24.3 Å². The third-order valence-electron chi connectivity index (χ3n) is 4.51. The summed E-state index contributed by atoms with van der Waals surface area (Å²) in [4.78, 5) is 23.6. The molecular formula is C15H22N6O9S. The molecule has 31 heavy (non-hydrogen) atoms. The molecule has 16 heteroatoms. The van der Waals surface area contributed by atoms with Crippen molar-refractivity contribution in [2.45, 2.75) is 37.1 Å². The minimum Gasteiger partial charge on any atom is -0.387 e. The molecule has 0 bridgehead atoms. The van der Waals surface area contributed by atoms with Crippen LogP contribution in [0.5, 0.6) is 0 Å². The fourth-order valence-corrected chi connectivity index (χ4v) is 3.65. The zero-order valence-electron chi connectivity index (χ0n) is 16.2. The van der Waals surface area contributed by atoms with Gasteiger partial charge in [-0.15, -0.1) is 0 Å². The lowest BCUT2D eigenvalue weighted by Crippen LogP contribution is -2.41. The number of methoxy groups -OCH3 is 1. The number of nitrogens with two attached hydrogens (primary N) is 1. The number of hydrogen-bond donors (Lipinski definition) is 5. The number of anilines is 1. The Morgan fingerprint density at radius 1 is 1.35 bits per heavy atom. The van der Waals surface area contributed by atoms with Crippen LogP contribution in [-0.4, -0.2) is 93.9 Å². The van der Waals surface area contributed by atoms with Gasteiger partial charge in [0.25, 0.3) is 5.91 Å². The molecule has 1 amide bonds. The van der Waals surface area contributed by atoms with Crippen molar-refractivity contribution in [2.75, 3.05) is 26.1 Å². The summed E-state index contributed by atoms with van der Waals surface area (Å²) in [5.41, 5.74) is 6.20. The van der Waals surface area contributed by atoms with Gasteiger partial charge in [-0.3, -0.25) is 13.5 Å². The number of aromatic nitrogens is 4. The van der Waals surface area contributed by atoms with E-state index in [-0.39, 0.29) is 30.0 Å². The molecule has 1 fully saturated rings. The second-order valence-electron chi connectivity index (χ2n) is 6.63. The van der Waals surface area contributed by atoms with Crippen molar-refractivity contribution < 1.29 is 42.2 Å². The van der Waals surface area contributed by atoms with Crippen molar-refractivity contribution in [2.24, 2.45) is 0 Å². The largest absolute Gasteiger partial charge is 0.387 e. The summed E-state index contributed by atoms with van der Waals surface area (Å²) < 4.78 is 41.6. The second-order valence-corrected chi connectivity index (χ2v) is 7.98. The van der Waals surface area contributed by atoms with Gasteiger partial charge in [0.2, 0.25) is 0 Å². The molecule has 0 aromatic carbocycles. The van der Waals surface area contributed by atoms with Crippen LogP contribution in [0.15, 0.2) is 12.7 Å². The van der Waals surface area contributed by atoms with Gasteiger partial charge >= 0.3 is 10.3 Å². The van der Waals surface area contributed by atoms with Crippen LogP contribution in [0.25, 0.3) is 11.2 Å². The number of carbonyl (C=O) groups is 1. The molecule has 2 aromatic heterocycles. The zero-order valence-corrected chi connectivity index (χ0v) is 17.0. The fraction of sp³-hybridized carbons (Fsp3) is 0.600. The molecule has 1 aliphatic rings. The van der Waals surface area contributed by atoms with Gasteiger partial charge in [0.15, 0.2) is 17.7 Å². The number of ether oxygens (including phenoxy) is 2. The molecule has 6 N–H and O–H groups in total.